The molecule has 0 heterocycles. The molecule has 1 rings (SSSR count). The van der Waals surface area contributed by atoms with Crippen molar-refractivity contribution in [3.63, 3.8) is 0 Å². The van der Waals surface area contributed by atoms with Crippen LogP contribution in [0.2, 0.25) is 0 Å². The Morgan fingerprint density at radius 1 is 1.40 bits per heavy atom. The van der Waals surface area contributed by atoms with Crippen LogP contribution in [0.3, 0.4) is 0 Å². The second kappa shape index (κ2) is 6.58. The maximum absolute atomic E-state index is 10.7. The summed E-state index contributed by atoms with van der Waals surface area (Å²) < 4.78 is 11.4. The second-order valence-corrected chi connectivity index (χ2v) is 3.68. The summed E-state index contributed by atoms with van der Waals surface area (Å²) in [6, 6.07) is 5.35. The Morgan fingerprint density at radius 3 is 2.87 bits per heavy atom. The Bertz CT molecular complexity index is 326. The molecule has 0 N–H and O–H groups in total. The highest BCUT2D eigenvalue weighted by molar-refractivity contribution is 9.10. The van der Waals surface area contributed by atoms with Crippen LogP contribution in [0.5, 0.6) is 5.75 Å². The number of rotatable bonds is 6. The average molecular weight is 273 g/mol. The van der Waals surface area contributed by atoms with Crippen molar-refractivity contribution in [1.82, 2.24) is 0 Å². The number of aldehydes is 1. The number of carbonyl (C=O) groups excluding carboxylic acids is 1. The molecular weight excluding hydrogens is 260 g/mol. The van der Waals surface area contributed by atoms with E-state index in [0.29, 0.717) is 31.1 Å². The first-order valence-corrected chi connectivity index (χ1v) is 5.53. The van der Waals surface area contributed by atoms with Gasteiger partial charge < -0.3 is 9.47 Å². The van der Waals surface area contributed by atoms with Gasteiger partial charge in [0.25, 0.3) is 0 Å². The zero-order valence-corrected chi connectivity index (χ0v) is 10.1. The average Bonchev–Trinajstić information content (AvgIpc) is 2.26. The molecule has 82 valence electrons. The van der Waals surface area contributed by atoms with Crippen LogP contribution in [0.1, 0.15) is 17.3 Å². The molecular formula is C11H13BrO3. The predicted molar refractivity (Wildman–Crippen MR) is 61.5 cm³/mol. The SMILES string of the molecule is CCOCCOc1c(Br)cccc1C=O. The predicted octanol–water partition coefficient (Wildman–Crippen LogP) is 2.68. The van der Waals surface area contributed by atoms with Gasteiger partial charge in [-0.1, -0.05) is 6.07 Å². The third-order valence-electron chi connectivity index (χ3n) is 1.80. The number of para-hydroxylation sites is 1. The van der Waals surface area contributed by atoms with Gasteiger partial charge in [-0.3, -0.25) is 4.79 Å². The Hall–Kier alpha value is -0.870. The Morgan fingerprint density at radius 2 is 2.20 bits per heavy atom. The molecule has 0 saturated carbocycles. The zero-order valence-electron chi connectivity index (χ0n) is 8.53. The number of carbonyl (C=O) groups is 1. The summed E-state index contributed by atoms with van der Waals surface area (Å²) in [7, 11) is 0. The van der Waals surface area contributed by atoms with Crippen LogP contribution in [0, 0.1) is 0 Å². The van der Waals surface area contributed by atoms with E-state index in [1.54, 1.807) is 12.1 Å². The monoisotopic (exact) mass is 272 g/mol. The first-order valence-electron chi connectivity index (χ1n) is 4.73. The molecule has 1 aromatic rings. The van der Waals surface area contributed by atoms with Crippen LogP contribution >= 0.6 is 15.9 Å². The fraction of sp³-hybridized carbons (Fsp3) is 0.364. The van der Waals surface area contributed by atoms with E-state index >= 15 is 0 Å². The number of benzene rings is 1. The number of halogens is 1. The van der Waals surface area contributed by atoms with Gasteiger partial charge in [0.15, 0.2) is 6.29 Å². The smallest absolute Gasteiger partial charge is 0.153 e. The summed E-state index contributed by atoms with van der Waals surface area (Å²) in [5.74, 6) is 0.576. The normalized spacial score (nSPS) is 10.0. The van der Waals surface area contributed by atoms with E-state index in [0.717, 1.165) is 10.8 Å². The van der Waals surface area contributed by atoms with Crippen molar-refractivity contribution in [3.05, 3.63) is 28.2 Å². The molecule has 0 aromatic heterocycles. The molecule has 0 bridgehead atoms. The summed E-state index contributed by atoms with van der Waals surface area (Å²) in [5, 5.41) is 0. The maximum Gasteiger partial charge on any atom is 0.153 e. The number of ether oxygens (including phenoxy) is 2. The lowest BCUT2D eigenvalue weighted by atomic mass is 10.2. The summed E-state index contributed by atoms with van der Waals surface area (Å²) in [4.78, 5) is 10.7. The van der Waals surface area contributed by atoms with E-state index in [1.165, 1.54) is 0 Å². The molecule has 1 aromatic carbocycles. The minimum atomic E-state index is 0.442. The lowest BCUT2D eigenvalue weighted by Gasteiger charge is -2.09. The third kappa shape index (κ3) is 3.64. The van der Waals surface area contributed by atoms with E-state index in [2.05, 4.69) is 15.9 Å². The first kappa shape index (κ1) is 12.2. The van der Waals surface area contributed by atoms with Crippen molar-refractivity contribution in [2.45, 2.75) is 6.92 Å². The Balaban J connectivity index is 2.62. The molecule has 0 aliphatic rings. The molecule has 0 atom stereocenters. The molecule has 4 heteroatoms. The summed E-state index contributed by atoms with van der Waals surface area (Å²) in [5.41, 5.74) is 0.542. The molecule has 0 unspecified atom stereocenters. The van der Waals surface area contributed by atoms with Crippen molar-refractivity contribution >= 4 is 22.2 Å². The minimum Gasteiger partial charge on any atom is -0.489 e. The fourth-order valence-corrected chi connectivity index (χ4v) is 1.61. The van der Waals surface area contributed by atoms with Crippen molar-refractivity contribution < 1.29 is 14.3 Å². The third-order valence-corrected chi connectivity index (χ3v) is 2.43. The van der Waals surface area contributed by atoms with Crippen LogP contribution < -0.4 is 4.74 Å². The zero-order chi connectivity index (χ0) is 11.1. The highest BCUT2D eigenvalue weighted by atomic mass is 79.9. The largest absolute Gasteiger partial charge is 0.489 e. The first-order chi connectivity index (χ1) is 7.29. The number of hydrogen-bond acceptors (Lipinski definition) is 3. The lowest BCUT2D eigenvalue weighted by Crippen LogP contribution is -2.07. The van der Waals surface area contributed by atoms with Crippen molar-refractivity contribution in [3.8, 4) is 5.75 Å². The summed E-state index contributed by atoms with van der Waals surface area (Å²) >= 11 is 3.33. The number of hydrogen-bond donors (Lipinski definition) is 0. The van der Waals surface area contributed by atoms with Gasteiger partial charge in [-0.15, -0.1) is 0 Å². The lowest BCUT2D eigenvalue weighted by molar-refractivity contribution is 0.106. The van der Waals surface area contributed by atoms with Gasteiger partial charge in [0, 0.05) is 6.61 Å². The van der Waals surface area contributed by atoms with Gasteiger partial charge in [-0.2, -0.15) is 0 Å². The topological polar surface area (TPSA) is 35.5 Å². The van der Waals surface area contributed by atoms with E-state index < -0.39 is 0 Å². The molecule has 0 spiro atoms. The highest BCUT2D eigenvalue weighted by Gasteiger charge is 2.06. The standard InChI is InChI=1S/C11H13BrO3/c1-2-14-6-7-15-11-9(8-13)4-3-5-10(11)12/h3-5,8H,2,6-7H2,1H3. The Kier molecular flexibility index (Phi) is 5.36. The highest BCUT2D eigenvalue weighted by Crippen LogP contribution is 2.27. The quantitative estimate of drug-likeness (QED) is 0.590. The fourth-order valence-electron chi connectivity index (χ4n) is 1.12. The maximum atomic E-state index is 10.7. The summed E-state index contributed by atoms with van der Waals surface area (Å²) in [6.07, 6.45) is 0.779. The van der Waals surface area contributed by atoms with Gasteiger partial charge in [0.1, 0.15) is 12.4 Å². The van der Waals surface area contributed by atoms with Crippen molar-refractivity contribution in [2.24, 2.45) is 0 Å². The van der Waals surface area contributed by atoms with Gasteiger partial charge in [-0.25, -0.2) is 0 Å². The van der Waals surface area contributed by atoms with E-state index in [1.807, 2.05) is 13.0 Å². The molecule has 0 radical (unpaired) electrons. The molecule has 0 aliphatic heterocycles. The van der Waals surface area contributed by atoms with Crippen LogP contribution in [0.25, 0.3) is 0 Å². The summed E-state index contributed by atoms with van der Waals surface area (Å²) in [6.45, 7) is 3.56. The van der Waals surface area contributed by atoms with Crippen LogP contribution in [0.4, 0.5) is 0 Å². The molecule has 0 saturated heterocycles. The minimum absolute atomic E-state index is 0.442. The van der Waals surface area contributed by atoms with Gasteiger partial charge in [-0.05, 0) is 35.0 Å². The van der Waals surface area contributed by atoms with Crippen LogP contribution in [0.15, 0.2) is 22.7 Å². The van der Waals surface area contributed by atoms with E-state index in [-0.39, 0.29) is 0 Å². The van der Waals surface area contributed by atoms with E-state index in [4.69, 9.17) is 9.47 Å². The second-order valence-electron chi connectivity index (χ2n) is 2.82. The van der Waals surface area contributed by atoms with Gasteiger partial charge >= 0.3 is 0 Å². The van der Waals surface area contributed by atoms with Crippen molar-refractivity contribution in [2.75, 3.05) is 19.8 Å². The van der Waals surface area contributed by atoms with Gasteiger partial charge in [0.05, 0.1) is 16.6 Å². The van der Waals surface area contributed by atoms with Crippen molar-refractivity contribution in [1.29, 1.82) is 0 Å². The molecule has 15 heavy (non-hydrogen) atoms. The molecule has 3 nitrogen and oxygen atoms in total. The Labute approximate surface area is 97.5 Å². The van der Waals surface area contributed by atoms with Crippen LogP contribution in [-0.4, -0.2) is 26.1 Å². The van der Waals surface area contributed by atoms with Gasteiger partial charge in [0.2, 0.25) is 0 Å². The molecule has 0 aliphatic carbocycles. The van der Waals surface area contributed by atoms with Crippen LogP contribution in [-0.2, 0) is 4.74 Å². The molecule has 0 fully saturated rings. The van der Waals surface area contributed by atoms with E-state index in [9.17, 15) is 4.79 Å². The molecule has 0 amide bonds.